The van der Waals surface area contributed by atoms with Crippen LogP contribution in [0.2, 0.25) is 0 Å². The van der Waals surface area contributed by atoms with Gasteiger partial charge in [-0.1, -0.05) is 6.07 Å². The standard InChI is InChI=1S/C15H22FNO2/c1-11(19)12-6-7-15(14(16)10-12)17(8-3-9-18)13-4-2-5-13/h6-7,10-11,13,18-19H,2-5,8-9H2,1H3. The van der Waals surface area contributed by atoms with Gasteiger partial charge in [0.25, 0.3) is 0 Å². The molecule has 1 fully saturated rings. The van der Waals surface area contributed by atoms with Crippen molar-refractivity contribution in [3.05, 3.63) is 29.6 Å². The van der Waals surface area contributed by atoms with Gasteiger partial charge >= 0.3 is 0 Å². The summed E-state index contributed by atoms with van der Waals surface area (Å²) in [5.74, 6) is -0.289. The van der Waals surface area contributed by atoms with Crippen molar-refractivity contribution in [2.45, 2.75) is 44.8 Å². The number of aliphatic hydroxyl groups excluding tert-OH is 2. The average Bonchev–Trinajstić information content (AvgIpc) is 2.32. The Kier molecular flexibility index (Phi) is 4.77. The van der Waals surface area contributed by atoms with E-state index in [0.717, 1.165) is 12.8 Å². The van der Waals surface area contributed by atoms with Crippen molar-refractivity contribution in [1.82, 2.24) is 0 Å². The van der Waals surface area contributed by atoms with Crippen molar-refractivity contribution in [2.24, 2.45) is 0 Å². The Morgan fingerprint density at radius 2 is 2.16 bits per heavy atom. The van der Waals surface area contributed by atoms with Gasteiger partial charge in [-0.25, -0.2) is 4.39 Å². The predicted octanol–water partition coefficient (Wildman–Crippen LogP) is 2.62. The SMILES string of the molecule is CC(O)c1ccc(N(CCCO)C2CCC2)c(F)c1. The number of aliphatic hydroxyl groups is 2. The second kappa shape index (κ2) is 6.35. The molecule has 106 valence electrons. The van der Waals surface area contributed by atoms with Crippen LogP contribution >= 0.6 is 0 Å². The highest BCUT2D eigenvalue weighted by Crippen LogP contribution is 2.32. The van der Waals surface area contributed by atoms with Crippen LogP contribution < -0.4 is 4.90 Å². The summed E-state index contributed by atoms with van der Waals surface area (Å²) in [6.45, 7) is 2.42. The number of hydrogen-bond acceptors (Lipinski definition) is 3. The maximum Gasteiger partial charge on any atom is 0.146 e. The van der Waals surface area contributed by atoms with Crippen molar-refractivity contribution < 1.29 is 14.6 Å². The first-order chi connectivity index (χ1) is 9.13. The first-order valence-electron chi connectivity index (χ1n) is 6.98. The summed E-state index contributed by atoms with van der Waals surface area (Å²) in [5.41, 5.74) is 1.18. The molecule has 0 spiro atoms. The van der Waals surface area contributed by atoms with Gasteiger partial charge in [0.05, 0.1) is 11.8 Å². The molecule has 0 amide bonds. The number of nitrogens with zero attached hydrogens (tertiary/aromatic N) is 1. The molecule has 1 aliphatic carbocycles. The smallest absolute Gasteiger partial charge is 0.146 e. The van der Waals surface area contributed by atoms with Gasteiger partial charge in [-0.15, -0.1) is 0 Å². The molecule has 2 rings (SSSR count). The molecule has 1 aromatic rings. The summed E-state index contributed by atoms with van der Waals surface area (Å²) in [4.78, 5) is 2.06. The van der Waals surface area contributed by atoms with E-state index < -0.39 is 6.10 Å². The molecule has 19 heavy (non-hydrogen) atoms. The number of benzene rings is 1. The Bertz CT molecular complexity index is 419. The van der Waals surface area contributed by atoms with Crippen LogP contribution in [0.3, 0.4) is 0 Å². The van der Waals surface area contributed by atoms with Crippen LogP contribution in [-0.4, -0.2) is 29.4 Å². The lowest BCUT2D eigenvalue weighted by molar-refractivity contribution is 0.199. The lowest BCUT2D eigenvalue weighted by atomic mass is 9.90. The fourth-order valence-electron chi connectivity index (χ4n) is 2.46. The Morgan fingerprint density at radius 3 is 2.63 bits per heavy atom. The Balaban J connectivity index is 2.20. The van der Waals surface area contributed by atoms with Crippen LogP contribution in [0.5, 0.6) is 0 Å². The topological polar surface area (TPSA) is 43.7 Å². The molecule has 1 aromatic carbocycles. The van der Waals surface area contributed by atoms with Crippen LogP contribution in [0.4, 0.5) is 10.1 Å². The first-order valence-corrected chi connectivity index (χ1v) is 6.98. The van der Waals surface area contributed by atoms with Crippen LogP contribution in [0.15, 0.2) is 18.2 Å². The molecule has 3 nitrogen and oxygen atoms in total. The molecule has 1 unspecified atom stereocenters. The van der Waals surface area contributed by atoms with E-state index in [4.69, 9.17) is 5.11 Å². The number of hydrogen-bond donors (Lipinski definition) is 2. The normalized spacial score (nSPS) is 17.1. The minimum absolute atomic E-state index is 0.122. The summed E-state index contributed by atoms with van der Waals surface area (Å²) in [5, 5.41) is 18.4. The second-order valence-corrected chi connectivity index (χ2v) is 5.24. The molecule has 0 heterocycles. The van der Waals surface area contributed by atoms with Crippen LogP contribution in [0, 0.1) is 5.82 Å². The molecule has 0 saturated heterocycles. The minimum Gasteiger partial charge on any atom is -0.396 e. The third kappa shape index (κ3) is 3.25. The minimum atomic E-state index is -0.654. The van der Waals surface area contributed by atoms with Crippen LogP contribution in [0.25, 0.3) is 0 Å². The Hall–Kier alpha value is -1.13. The number of anilines is 1. The zero-order valence-electron chi connectivity index (χ0n) is 11.3. The van der Waals surface area contributed by atoms with Crippen molar-refractivity contribution in [3.63, 3.8) is 0 Å². The van der Waals surface area contributed by atoms with Crippen molar-refractivity contribution in [2.75, 3.05) is 18.1 Å². The summed E-state index contributed by atoms with van der Waals surface area (Å²) in [7, 11) is 0. The molecule has 1 atom stereocenters. The summed E-state index contributed by atoms with van der Waals surface area (Å²) >= 11 is 0. The Labute approximate surface area is 113 Å². The molecule has 0 radical (unpaired) electrons. The second-order valence-electron chi connectivity index (χ2n) is 5.24. The summed E-state index contributed by atoms with van der Waals surface area (Å²) in [6, 6.07) is 5.31. The van der Waals surface area contributed by atoms with E-state index in [0.29, 0.717) is 30.3 Å². The average molecular weight is 267 g/mol. The maximum atomic E-state index is 14.2. The third-order valence-corrected chi connectivity index (χ3v) is 3.84. The van der Waals surface area contributed by atoms with Gasteiger partial charge in [-0.3, -0.25) is 0 Å². The molecule has 2 N–H and O–H groups in total. The van der Waals surface area contributed by atoms with Gasteiger partial charge in [0.2, 0.25) is 0 Å². The molecule has 0 aromatic heterocycles. The van der Waals surface area contributed by atoms with Gasteiger partial charge in [0, 0.05) is 19.2 Å². The van der Waals surface area contributed by atoms with Gasteiger partial charge in [0.15, 0.2) is 0 Å². The van der Waals surface area contributed by atoms with Crippen LogP contribution in [-0.2, 0) is 0 Å². The summed E-state index contributed by atoms with van der Waals surface area (Å²) < 4.78 is 14.2. The quantitative estimate of drug-likeness (QED) is 0.832. The number of rotatable bonds is 6. The highest BCUT2D eigenvalue weighted by atomic mass is 19.1. The van der Waals surface area contributed by atoms with Gasteiger partial charge < -0.3 is 15.1 Å². The predicted molar refractivity (Wildman–Crippen MR) is 73.7 cm³/mol. The van der Waals surface area contributed by atoms with E-state index in [2.05, 4.69) is 4.90 Å². The fraction of sp³-hybridized carbons (Fsp3) is 0.600. The van der Waals surface area contributed by atoms with E-state index in [1.165, 1.54) is 12.5 Å². The van der Waals surface area contributed by atoms with E-state index >= 15 is 0 Å². The highest BCUT2D eigenvalue weighted by molar-refractivity contribution is 5.50. The van der Waals surface area contributed by atoms with Crippen LogP contribution in [0.1, 0.15) is 44.3 Å². The van der Waals surface area contributed by atoms with E-state index in [1.54, 1.807) is 19.1 Å². The Morgan fingerprint density at radius 1 is 1.42 bits per heavy atom. The zero-order chi connectivity index (χ0) is 13.8. The number of halogens is 1. The molecular formula is C15H22FNO2. The monoisotopic (exact) mass is 267 g/mol. The lowest BCUT2D eigenvalue weighted by Gasteiger charge is -2.39. The van der Waals surface area contributed by atoms with Gasteiger partial charge in [-0.2, -0.15) is 0 Å². The van der Waals surface area contributed by atoms with E-state index in [-0.39, 0.29) is 12.4 Å². The third-order valence-electron chi connectivity index (χ3n) is 3.84. The molecular weight excluding hydrogens is 245 g/mol. The largest absolute Gasteiger partial charge is 0.396 e. The van der Waals surface area contributed by atoms with Gasteiger partial charge in [0.1, 0.15) is 5.82 Å². The molecule has 4 heteroatoms. The lowest BCUT2D eigenvalue weighted by Crippen LogP contribution is -2.41. The molecule has 0 bridgehead atoms. The van der Waals surface area contributed by atoms with Crippen molar-refractivity contribution in [3.8, 4) is 0 Å². The van der Waals surface area contributed by atoms with Crippen molar-refractivity contribution >= 4 is 5.69 Å². The molecule has 1 saturated carbocycles. The molecule has 1 aliphatic rings. The first kappa shape index (κ1) is 14.3. The summed E-state index contributed by atoms with van der Waals surface area (Å²) in [6.07, 6.45) is 3.35. The van der Waals surface area contributed by atoms with Crippen molar-refractivity contribution in [1.29, 1.82) is 0 Å². The van der Waals surface area contributed by atoms with E-state index in [1.807, 2.05) is 0 Å². The highest BCUT2D eigenvalue weighted by Gasteiger charge is 2.26. The van der Waals surface area contributed by atoms with E-state index in [9.17, 15) is 9.50 Å². The maximum absolute atomic E-state index is 14.2. The zero-order valence-corrected chi connectivity index (χ0v) is 11.3. The molecule has 0 aliphatic heterocycles. The fourth-order valence-corrected chi connectivity index (χ4v) is 2.46. The van der Waals surface area contributed by atoms with Gasteiger partial charge in [-0.05, 0) is 50.3 Å².